The van der Waals surface area contributed by atoms with Gasteiger partial charge in [-0.05, 0) is 37.1 Å². The summed E-state index contributed by atoms with van der Waals surface area (Å²) < 4.78 is 0. The molecule has 0 saturated heterocycles. The maximum absolute atomic E-state index is 4.72. The Morgan fingerprint density at radius 1 is 1.00 bits per heavy atom. The third kappa shape index (κ3) is 1.48. The van der Waals surface area contributed by atoms with Crippen LogP contribution in [0.5, 0.6) is 0 Å². The highest BCUT2D eigenvalue weighted by Gasteiger charge is 2.13. The van der Waals surface area contributed by atoms with Crippen molar-refractivity contribution in [1.29, 1.82) is 0 Å². The highest BCUT2D eigenvalue weighted by Crippen LogP contribution is 2.19. The van der Waals surface area contributed by atoms with Gasteiger partial charge in [-0.15, -0.1) is 0 Å². The lowest BCUT2D eigenvalue weighted by Gasteiger charge is -2.16. The number of benzene rings is 1. The summed E-state index contributed by atoms with van der Waals surface area (Å²) in [7, 11) is 0. The van der Waals surface area contributed by atoms with Crippen molar-refractivity contribution in [3.8, 4) is 0 Å². The molecule has 0 saturated carbocycles. The molecule has 0 spiro atoms. The average Bonchev–Trinajstić information content (AvgIpc) is 2.28. The molecule has 0 radical (unpaired) electrons. The molecule has 3 rings (SSSR count). The van der Waals surface area contributed by atoms with E-state index in [2.05, 4.69) is 31.3 Å². The Morgan fingerprint density at radius 3 is 2.31 bits per heavy atom. The first kappa shape index (κ1) is 9.73. The van der Waals surface area contributed by atoms with Crippen LogP contribution in [0.3, 0.4) is 0 Å². The van der Waals surface area contributed by atoms with E-state index in [1.54, 1.807) is 0 Å². The third-order valence-electron chi connectivity index (χ3n) is 3.27. The van der Waals surface area contributed by atoms with Gasteiger partial charge < -0.3 is 5.32 Å². The Bertz CT molecular complexity index is 510. The quantitative estimate of drug-likeness (QED) is 0.726. The lowest BCUT2D eigenvalue weighted by atomic mass is 10.1. The largest absolute Gasteiger partial charge is 0.311 e. The molecule has 1 N–H and O–H groups in total. The van der Waals surface area contributed by atoms with E-state index in [1.807, 2.05) is 0 Å². The van der Waals surface area contributed by atoms with Gasteiger partial charge in [-0.2, -0.15) is 0 Å². The summed E-state index contributed by atoms with van der Waals surface area (Å²) in [6.07, 6.45) is 0.991. The molecule has 0 unspecified atom stereocenters. The van der Waals surface area contributed by atoms with Crippen molar-refractivity contribution in [2.45, 2.75) is 26.8 Å². The van der Waals surface area contributed by atoms with Gasteiger partial charge in [-0.25, -0.2) is 9.97 Å². The van der Waals surface area contributed by atoms with Gasteiger partial charge in [0, 0.05) is 19.5 Å². The normalized spacial score (nSPS) is 15.1. The molecule has 0 aliphatic carbocycles. The van der Waals surface area contributed by atoms with Crippen molar-refractivity contribution < 1.29 is 0 Å². The van der Waals surface area contributed by atoms with Gasteiger partial charge >= 0.3 is 0 Å². The minimum Gasteiger partial charge on any atom is -0.311 e. The second kappa shape index (κ2) is 3.52. The second-order valence-corrected chi connectivity index (χ2v) is 4.47. The van der Waals surface area contributed by atoms with Gasteiger partial charge in [0.25, 0.3) is 0 Å². The van der Waals surface area contributed by atoms with Crippen LogP contribution in [-0.4, -0.2) is 16.5 Å². The molecule has 0 atom stereocenters. The van der Waals surface area contributed by atoms with Gasteiger partial charge in [0.15, 0.2) is 0 Å². The zero-order valence-corrected chi connectivity index (χ0v) is 9.67. The van der Waals surface area contributed by atoms with E-state index in [0.717, 1.165) is 41.9 Å². The molecule has 0 fully saturated rings. The molecule has 16 heavy (non-hydrogen) atoms. The highest BCUT2D eigenvalue weighted by molar-refractivity contribution is 5.76. The smallest absolute Gasteiger partial charge is 0.0893 e. The number of fused-ring (bicyclic) bond motifs is 2. The molecular weight excluding hydrogens is 198 g/mol. The number of aromatic nitrogens is 2. The molecule has 82 valence electrons. The molecule has 1 aliphatic heterocycles. The third-order valence-corrected chi connectivity index (χ3v) is 3.27. The fraction of sp³-hybridized carbons (Fsp3) is 0.385. The Labute approximate surface area is 94.9 Å². The van der Waals surface area contributed by atoms with Gasteiger partial charge in [-0.3, -0.25) is 0 Å². The maximum atomic E-state index is 4.72. The van der Waals surface area contributed by atoms with Crippen molar-refractivity contribution in [1.82, 2.24) is 15.3 Å². The minimum absolute atomic E-state index is 0.852. The Hall–Kier alpha value is -1.48. The van der Waals surface area contributed by atoms with Gasteiger partial charge in [-0.1, -0.05) is 0 Å². The molecule has 1 aromatic heterocycles. The predicted octanol–water partition coefficient (Wildman–Crippen LogP) is 1.89. The van der Waals surface area contributed by atoms with Crippen LogP contribution in [0.2, 0.25) is 0 Å². The molecule has 3 heteroatoms. The molecule has 0 amide bonds. The topological polar surface area (TPSA) is 37.8 Å². The van der Waals surface area contributed by atoms with Crippen molar-refractivity contribution in [2.24, 2.45) is 0 Å². The fourth-order valence-electron chi connectivity index (χ4n) is 2.14. The minimum atomic E-state index is 0.852. The van der Waals surface area contributed by atoms with Crippen LogP contribution in [-0.2, 0) is 13.0 Å². The number of hydrogen-bond acceptors (Lipinski definition) is 3. The number of rotatable bonds is 0. The molecular formula is C13H15N3. The van der Waals surface area contributed by atoms with E-state index in [-0.39, 0.29) is 0 Å². The maximum Gasteiger partial charge on any atom is 0.0893 e. The second-order valence-electron chi connectivity index (χ2n) is 4.47. The van der Waals surface area contributed by atoms with Crippen LogP contribution in [0, 0.1) is 13.8 Å². The van der Waals surface area contributed by atoms with E-state index in [1.165, 1.54) is 11.1 Å². The van der Waals surface area contributed by atoms with E-state index >= 15 is 0 Å². The standard InChI is InChI=1S/C13H15N3/c1-8-5-11-12(6-9(8)2)16-13-7-14-4-3-10(13)15-11/h5-6,14H,3-4,7H2,1-2H3. The number of nitrogens with one attached hydrogen (secondary N) is 1. The first-order valence-corrected chi connectivity index (χ1v) is 5.71. The van der Waals surface area contributed by atoms with Crippen LogP contribution in [0.1, 0.15) is 22.5 Å². The lowest BCUT2D eigenvalue weighted by molar-refractivity contribution is 0.617. The molecule has 3 nitrogen and oxygen atoms in total. The predicted molar refractivity (Wildman–Crippen MR) is 64.4 cm³/mol. The summed E-state index contributed by atoms with van der Waals surface area (Å²) in [4.78, 5) is 9.41. The first-order chi connectivity index (χ1) is 7.74. The van der Waals surface area contributed by atoms with E-state index < -0.39 is 0 Å². The monoisotopic (exact) mass is 213 g/mol. The lowest BCUT2D eigenvalue weighted by Crippen LogP contribution is -2.25. The highest BCUT2D eigenvalue weighted by atomic mass is 14.9. The SMILES string of the molecule is Cc1cc2nc3c(nc2cc1C)CNCC3. The summed E-state index contributed by atoms with van der Waals surface area (Å²) >= 11 is 0. The summed E-state index contributed by atoms with van der Waals surface area (Å²) in [6.45, 7) is 6.11. The van der Waals surface area contributed by atoms with Crippen molar-refractivity contribution in [2.75, 3.05) is 6.54 Å². The van der Waals surface area contributed by atoms with E-state index in [4.69, 9.17) is 9.97 Å². The van der Waals surface area contributed by atoms with Crippen molar-refractivity contribution in [3.63, 3.8) is 0 Å². The molecule has 0 bridgehead atoms. The number of hydrogen-bond donors (Lipinski definition) is 1. The van der Waals surface area contributed by atoms with Crippen LogP contribution < -0.4 is 5.32 Å². The summed E-state index contributed by atoms with van der Waals surface area (Å²) in [6, 6.07) is 4.27. The van der Waals surface area contributed by atoms with Gasteiger partial charge in [0.2, 0.25) is 0 Å². The van der Waals surface area contributed by atoms with Gasteiger partial charge in [0.1, 0.15) is 0 Å². The fourth-order valence-corrected chi connectivity index (χ4v) is 2.14. The van der Waals surface area contributed by atoms with E-state index in [0.29, 0.717) is 0 Å². The summed E-state index contributed by atoms with van der Waals surface area (Å²) in [5.41, 5.74) is 6.90. The summed E-state index contributed by atoms with van der Waals surface area (Å²) in [5, 5.41) is 3.33. The molecule has 2 aromatic rings. The van der Waals surface area contributed by atoms with Crippen LogP contribution >= 0.6 is 0 Å². The Balaban J connectivity index is 2.27. The van der Waals surface area contributed by atoms with Crippen LogP contribution in [0.4, 0.5) is 0 Å². The zero-order chi connectivity index (χ0) is 11.1. The average molecular weight is 213 g/mol. The van der Waals surface area contributed by atoms with Crippen molar-refractivity contribution >= 4 is 11.0 Å². The summed E-state index contributed by atoms with van der Waals surface area (Å²) in [5.74, 6) is 0. The van der Waals surface area contributed by atoms with Gasteiger partial charge in [0.05, 0.1) is 22.4 Å². The van der Waals surface area contributed by atoms with Crippen molar-refractivity contribution in [3.05, 3.63) is 34.6 Å². The molecule has 2 heterocycles. The number of aryl methyl sites for hydroxylation is 2. The Morgan fingerprint density at radius 2 is 1.62 bits per heavy atom. The van der Waals surface area contributed by atoms with E-state index in [9.17, 15) is 0 Å². The zero-order valence-electron chi connectivity index (χ0n) is 9.67. The van der Waals surface area contributed by atoms with Crippen LogP contribution in [0.25, 0.3) is 11.0 Å². The molecule has 1 aliphatic rings. The molecule has 1 aromatic carbocycles. The Kier molecular flexibility index (Phi) is 2.14. The first-order valence-electron chi connectivity index (χ1n) is 5.71. The van der Waals surface area contributed by atoms with Crippen LogP contribution in [0.15, 0.2) is 12.1 Å². The number of nitrogens with zero attached hydrogens (tertiary/aromatic N) is 2.